The van der Waals surface area contributed by atoms with E-state index < -0.39 is 0 Å². The molecular weight excluding hydrogens is 232 g/mol. The molecular formula is C9H9ClN4S. The maximum atomic E-state index is 5.77. The predicted molar refractivity (Wildman–Crippen MR) is 63.1 cm³/mol. The van der Waals surface area contributed by atoms with E-state index in [1.54, 1.807) is 29.7 Å². The highest BCUT2D eigenvalue weighted by Gasteiger charge is 2.00. The molecule has 0 atom stereocenters. The van der Waals surface area contributed by atoms with Crippen molar-refractivity contribution in [3.05, 3.63) is 33.9 Å². The van der Waals surface area contributed by atoms with Gasteiger partial charge in [-0.2, -0.15) is 0 Å². The first-order valence-corrected chi connectivity index (χ1v) is 5.55. The minimum Gasteiger partial charge on any atom is -0.399 e. The van der Waals surface area contributed by atoms with Crippen molar-refractivity contribution in [2.75, 3.05) is 11.1 Å². The van der Waals surface area contributed by atoms with Gasteiger partial charge in [0.1, 0.15) is 16.0 Å². The summed E-state index contributed by atoms with van der Waals surface area (Å²) in [6, 6.07) is 3.34. The first kappa shape index (κ1) is 10.2. The number of hydrogen-bond acceptors (Lipinski definition) is 5. The van der Waals surface area contributed by atoms with Crippen LogP contribution < -0.4 is 11.1 Å². The second kappa shape index (κ2) is 4.46. The predicted octanol–water partition coefficient (Wildman–Crippen LogP) is 2.39. The van der Waals surface area contributed by atoms with Crippen molar-refractivity contribution in [1.29, 1.82) is 0 Å². The molecule has 0 aliphatic rings. The lowest BCUT2D eigenvalue weighted by atomic mass is 10.4. The average Bonchev–Trinajstić information content (AvgIpc) is 2.65. The Hall–Kier alpha value is -1.33. The molecule has 2 rings (SSSR count). The molecule has 0 saturated heterocycles. The topological polar surface area (TPSA) is 63.8 Å². The van der Waals surface area contributed by atoms with E-state index in [9.17, 15) is 0 Å². The minimum absolute atomic E-state index is 0.386. The van der Waals surface area contributed by atoms with Gasteiger partial charge < -0.3 is 11.1 Å². The molecule has 0 amide bonds. The van der Waals surface area contributed by atoms with E-state index >= 15 is 0 Å². The lowest BCUT2D eigenvalue weighted by Crippen LogP contribution is -2.01. The van der Waals surface area contributed by atoms with Gasteiger partial charge in [-0.05, 0) is 6.07 Å². The molecule has 0 aromatic carbocycles. The minimum atomic E-state index is 0.386. The van der Waals surface area contributed by atoms with Crippen LogP contribution in [0.2, 0.25) is 5.15 Å². The maximum Gasteiger partial charge on any atom is 0.133 e. The molecule has 0 saturated carbocycles. The number of nitrogen functional groups attached to an aromatic ring is 1. The summed E-state index contributed by atoms with van der Waals surface area (Å²) in [5.41, 5.74) is 6.23. The van der Waals surface area contributed by atoms with E-state index in [-0.39, 0.29) is 0 Å². The number of hydrogen-bond donors (Lipinski definition) is 2. The number of pyridine rings is 1. The number of aromatic nitrogens is 2. The van der Waals surface area contributed by atoms with Crippen molar-refractivity contribution >= 4 is 34.4 Å². The summed E-state index contributed by atoms with van der Waals surface area (Å²) in [6.07, 6.45) is 1.77. The van der Waals surface area contributed by atoms with E-state index in [1.807, 2.05) is 5.38 Å². The van der Waals surface area contributed by atoms with Crippen LogP contribution in [0.5, 0.6) is 0 Å². The Balaban J connectivity index is 2.05. The second-order valence-electron chi connectivity index (χ2n) is 2.89. The molecule has 2 aromatic heterocycles. The molecule has 15 heavy (non-hydrogen) atoms. The second-order valence-corrected chi connectivity index (χ2v) is 4.25. The van der Waals surface area contributed by atoms with E-state index in [4.69, 9.17) is 17.3 Å². The van der Waals surface area contributed by atoms with Crippen LogP contribution in [0.25, 0.3) is 0 Å². The molecule has 0 unspecified atom stereocenters. The number of thiazole rings is 1. The third kappa shape index (κ3) is 2.81. The zero-order valence-electron chi connectivity index (χ0n) is 7.77. The standard InChI is InChI=1S/C9H9ClN4S/c10-7-3-6(11)4-8(14-7)13-5-9-12-1-2-15-9/h1-4H,5H2,(H3,11,13,14). The Morgan fingerprint density at radius 2 is 2.33 bits per heavy atom. The van der Waals surface area contributed by atoms with E-state index in [2.05, 4.69) is 15.3 Å². The largest absolute Gasteiger partial charge is 0.399 e. The van der Waals surface area contributed by atoms with Gasteiger partial charge in [-0.3, -0.25) is 0 Å². The Kier molecular flexibility index (Phi) is 3.03. The number of nitrogens with one attached hydrogen (secondary N) is 1. The molecule has 3 N–H and O–H groups in total. The Morgan fingerprint density at radius 3 is 3.00 bits per heavy atom. The lowest BCUT2D eigenvalue weighted by molar-refractivity contribution is 1.08. The molecule has 2 aromatic rings. The van der Waals surface area contributed by atoms with Crippen molar-refractivity contribution in [1.82, 2.24) is 9.97 Å². The molecule has 0 aliphatic heterocycles. The Bertz CT molecular complexity index is 423. The first-order chi connectivity index (χ1) is 7.24. The van der Waals surface area contributed by atoms with Crippen molar-refractivity contribution in [3.8, 4) is 0 Å². The van der Waals surface area contributed by atoms with Crippen LogP contribution in [0, 0.1) is 0 Å². The molecule has 0 radical (unpaired) electrons. The van der Waals surface area contributed by atoms with Crippen LogP contribution in [0.3, 0.4) is 0 Å². The van der Waals surface area contributed by atoms with Crippen molar-refractivity contribution in [2.45, 2.75) is 6.54 Å². The molecule has 2 heterocycles. The summed E-state index contributed by atoms with van der Waals surface area (Å²) >= 11 is 7.35. The number of nitrogens with two attached hydrogens (primary N) is 1. The van der Waals surface area contributed by atoms with Gasteiger partial charge in [0.2, 0.25) is 0 Å². The monoisotopic (exact) mass is 240 g/mol. The summed E-state index contributed by atoms with van der Waals surface area (Å²) in [4.78, 5) is 8.22. The molecule has 0 spiro atoms. The quantitative estimate of drug-likeness (QED) is 0.809. The fourth-order valence-electron chi connectivity index (χ4n) is 1.11. The van der Waals surface area contributed by atoms with E-state index in [1.165, 1.54) is 0 Å². The molecule has 0 bridgehead atoms. The van der Waals surface area contributed by atoms with Gasteiger partial charge in [0.15, 0.2) is 0 Å². The van der Waals surface area contributed by atoms with Gasteiger partial charge in [-0.15, -0.1) is 11.3 Å². The van der Waals surface area contributed by atoms with Crippen molar-refractivity contribution in [2.24, 2.45) is 0 Å². The van der Waals surface area contributed by atoms with Crippen LogP contribution in [-0.2, 0) is 6.54 Å². The highest BCUT2D eigenvalue weighted by Crippen LogP contribution is 2.16. The van der Waals surface area contributed by atoms with Gasteiger partial charge in [-0.1, -0.05) is 11.6 Å². The third-order valence-electron chi connectivity index (χ3n) is 1.72. The number of rotatable bonds is 3. The van der Waals surface area contributed by atoms with Gasteiger partial charge in [-0.25, -0.2) is 9.97 Å². The Morgan fingerprint density at radius 1 is 1.47 bits per heavy atom. The fraction of sp³-hybridized carbons (Fsp3) is 0.111. The summed E-state index contributed by atoms with van der Waals surface area (Å²) in [6.45, 7) is 0.629. The molecule has 4 nitrogen and oxygen atoms in total. The number of halogens is 1. The third-order valence-corrected chi connectivity index (χ3v) is 2.69. The zero-order chi connectivity index (χ0) is 10.7. The number of nitrogens with zero attached hydrogens (tertiary/aromatic N) is 2. The van der Waals surface area contributed by atoms with Crippen LogP contribution >= 0.6 is 22.9 Å². The first-order valence-electron chi connectivity index (χ1n) is 4.29. The fourth-order valence-corrected chi connectivity index (χ4v) is 1.89. The highest BCUT2D eigenvalue weighted by molar-refractivity contribution is 7.09. The highest BCUT2D eigenvalue weighted by atomic mass is 35.5. The maximum absolute atomic E-state index is 5.77. The summed E-state index contributed by atoms with van der Waals surface area (Å²) < 4.78 is 0. The smallest absolute Gasteiger partial charge is 0.133 e. The molecule has 0 fully saturated rings. The average molecular weight is 241 g/mol. The Labute approximate surface area is 96.1 Å². The number of anilines is 2. The normalized spacial score (nSPS) is 10.2. The SMILES string of the molecule is Nc1cc(Cl)nc(NCc2nccs2)c1. The summed E-state index contributed by atoms with van der Waals surface area (Å²) in [5.74, 6) is 0.662. The van der Waals surface area contributed by atoms with Crippen molar-refractivity contribution in [3.63, 3.8) is 0 Å². The van der Waals surface area contributed by atoms with Crippen LogP contribution in [0.4, 0.5) is 11.5 Å². The van der Waals surface area contributed by atoms with E-state index in [0.717, 1.165) is 5.01 Å². The van der Waals surface area contributed by atoms with E-state index in [0.29, 0.717) is 23.2 Å². The zero-order valence-corrected chi connectivity index (χ0v) is 9.35. The lowest BCUT2D eigenvalue weighted by Gasteiger charge is -2.04. The van der Waals surface area contributed by atoms with Crippen LogP contribution in [-0.4, -0.2) is 9.97 Å². The van der Waals surface area contributed by atoms with Gasteiger partial charge in [0.25, 0.3) is 0 Å². The summed E-state index contributed by atoms with van der Waals surface area (Å²) in [7, 11) is 0. The van der Waals surface area contributed by atoms with Crippen LogP contribution in [0.1, 0.15) is 5.01 Å². The van der Waals surface area contributed by atoms with Crippen LogP contribution in [0.15, 0.2) is 23.7 Å². The van der Waals surface area contributed by atoms with Gasteiger partial charge >= 0.3 is 0 Å². The summed E-state index contributed by atoms with van der Waals surface area (Å²) in [5, 5.41) is 6.41. The van der Waals surface area contributed by atoms with Crippen molar-refractivity contribution < 1.29 is 0 Å². The van der Waals surface area contributed by atoms with Gasteiger partial charge in [0.05, 0.1) is 6.54 Å². The molecule has 0 aliphatic carbocycles. The molecule has 78 valence electrons. The van der Waals surface area contributed by atoms with Gasteiger partial charge in [0, 0.05) is 23.3 Å². The molecule has 6 heteroatoms.